The zero-order valence-electron chi connectivity index (χ0n) is 14.6. The third-order valence-corrected chi connectivity index (χ3v) is 4.21. The van der Waals surface area contributed by atoms with Crippen molar-refractivity contribution in [1.82, 2.24) is 9.78 Å². The van der Waals surface area contributed by atoms with E-state index in [2.05, 4.69) is 15.2 Å². The number of carbonyl (C=O) groups is 1. The minimum absolute atomic E-state index is 0.0141. The summed E-state index contributed by atoms with van der Waals surface area (Å²) in [6.07, 6.45) is 1.50. The van der Waals surface area contributed by atoms with E-state index in [0.29, 0.717) is 16.9 Å². The van der Waals surface area contributed by atoms with Gasteiger partial charge in [-0.15, -0.1) is 11.6 Å². The van der Waals surface area contributed by atoms with Crippen LogP contribution in [0.15, 0.2) is 48.7 Å². The summed E-state index contributed by atoms with van der Waals surface area (Å²) in [4.78, 5) is 12.6. The molecule has 0 aliphatic carbocycles. The van der Waals surface area contributed by atoms with Crippen LogP contribution in [0.2, 0.25) is 0 Å². The van der Waals surface area contributed by atoms with Crippen LogP contribution in [0.25, 0.3) is 5.69 Å². The Hall–Kier alpha value is -3.00. The van der Waals surface area contributed by atoms with E-state index in [9.17, 15) is 18.0 Å². The van der Waals surface area contributed by atoms with Crippen molar-refractivity contribution in [1.29, 1.82) is 0 Å². The van der Waals surface area contributed by atoms with Gasteiger partial charge < -0.3 is 10.1 Å². The number of amides is 1. The van der Waals surface area contributed by atoms with Gasteiger partial charge in [-0.25, -0.2) is 9.07 Å². The van der Waals surface area contributed by atoms with Gasteiger partial charge in [0, 0.05) is 23.5 Å². The zero-order chi connectivity index (χ0) is 20.3. The lowest BCUT2D eigenvalue weighted by molar-refractivity contribution is -0.0502. The number of hydrogen-bond acceptors (Lipinski definition) is 3. The number of ether oxygens (including phenoxy) is 1. The first-order valence-corrected chi connectivity index (χ1v) is 8.68. The number of benzene rings is 2. The average molecular weight is 410 g/mol. The van der Waals surface area contributed by atoms with E-state index in [-0.39, 0.29) is 28.7 Å². The Morgan fingerprint density at radius 1 is 1.25 bits per heavy atom. The summed E-state index contributed by atoms with van der Waals surface area (Å²) in [7, 11) is 0. The Balaban J connectivity index is 1.82. The van der Waals surface area contributed by atoms with E-state index in [1.807, 2.05) is 0 Å². The van der Waals surface area contributed by atoms with Gasteiger partial charge in [0.25, 0.3) is 5.91 Å². The second-order valence-electron chi connectivity index (χ2n) is 5.84. The lowest BCUT2D eigenvalue weighted by atomic mass is 10.2. The molecule has 0 bridgehead atoms. The van der Waals surface area contributed by atoms with E-state index in [1.165, 1.54) is 53.3 Å². The molecule has 0 saturated carbocycles. The maximum Gasteiger partial charge on any atom is 0.387 e. The topological polar surface area (TPSA) is 56.2 Å². The van der Waals surface area contributed by atoms with E-state index in [0.717, 1.165) is 0 Å². The molecule has 0 aliphatic rings. The summed E-state index contributed by atoms with van der Waals surface area (Å²) in [5, 5.41) is 6.87. The van der Waals surface area contributed by atoms with E-state index in [4.69, 9.17) is 11.6 Å². The van der Waals surface area contributed by atoms with E-state index in [1.54, 1.807) is 6.92 Å². The molecule has 1 heterocycles. The van der Waals surface area contributed by atoms with Gasteiger partial charge in [0.05, 0.1) is 22.8 Å². The summed E-state index contributed by atoms with van der Waals surface area (Å²) >= 11 is 5.71. The molecule has 0 atom stereocenters. The fourth-order valence-corrected chi connectivity index (χ4v) is 2.78. The van der Waals surface area contributed by atoms with Crippen LogP contribution in [-0.2, 0) is 5.88 Å². The van der Waals surface area contributed by atoms with Crippen molar-refractivity contribution in [3.8, 4) is 11.4 Å². The number of hydrogen-bond donors (Lipinski definition) is 1. The molecule has 1 aromatic heterocycles. The number of aryl methyl sites for hydroxylation is 1. The summed E-state index contributed by atoms with van der Waals surface area (Å²) < 4.78 is 44.1. The van der Waals surface area contributed by atoms with Gasteiger partial charge in [-0.1, -0.05) is 6.07 Å². The lowest BCUT2D eigenvalue weighted by Crippen LogP contribution is -2.13. The Labute approximate surface area is 163 Å². The second-order valence-corrected chi connectivity index (χ2v) is 6.11. The molecule has 0 spiro atoms. The third kappa shape index (κ3) is 4.45. The molecule has 0 saturated heterocycles. The quantitative estimate of drug-likeness (QED) is 0.588. The summed E-state index contributed by atoms with van der Waals surface area (Å²) in [5.41, 5.74) is 1.96. The molecule has 3 rings (SSSR count). The Kier molecular flexibility index (Phi) is 5.89. The minimum Gasteiger partial charge on any atom is -0.434 e. The van der Waals surface area contributed by atoms with Crippen LogP contribution >= 0.6 is 11.6 Å². The van der Waals surface area contributed by atoms with Crippen molar-refractivity contribution in [3.05, 3.63) is 71.3 Å². The normalized spacial score (nSPS) is 10.9. The predicted octanol–water partition coefficient (Wildman–Crippen LogP) is 4.91. The van der Waals surface area contributed by atoms with Gasteiger partial charge >= 0.3 is 6.61 Å². The SMILES string of the molecule is Cc1nn(-c2ccc(F)cc2)cc1C(=O)Nc1ccc(CCl)c(OC(F)F)c1. The molecule has 9 heteroatoms. The molecule has 146 valence electrons. The number of carbonyl (C=O) groups excluding carboxylic acids is 1. The molecular weight excluding hydrogens is 395 g/mol. The number of rotatable bonds is 6. The van der Waals surface area contributed by atoms with Crippen LogP contribution in [0.5, 0.6) is 5.75 Å². The summed E-state index contributed by atoms with van der Waals surface area (Å²) in [5.74, 6) is -0.985. The molecule has 3 aromatic rings. The van der Waals surface area contributed by atoms with Gasteiger partial charge in [-0.2, -0.15) is 13.9 Å². The van der Waals surface area contributed by atoms with Crippen LogP contribution in [0.4, 0.5) is 18.9 Å². The third-order valence-electron chi connectivity index (χ3n) is 3.92. The largest absolute Gasteiger partial charge is 0.434 e. The highest BCUT2D eigenvalue weighted by atomic mass is 35.5. The molecule has 28 heavy (non-hydrogen) atoms. The second kappa shape index (κ2) is 8.35. The van der Waals surface area contributed by atoms with Gasteiger partial charge in [0.2, 0.25) is 0 Å². The zero-order valence-corrected chi connectivity index (χ0v) is 15.4. The molecule has 2 aromatic carbocycles. The number of anilines is 1. The maximum absolute atomic E-state index is 13.1. The molecule has 0 fully saturated rings. The minimum atomic E-state index is -3.01. The van der Waals surface area contributed by atoms with Gasteiger partial charge in [0.15, 0.2) is 0 Å². The lowest BCUT2D eigenvalue weighted by Gasteiger charge is -2.11. The maximum atomic E-state index is 13.1. The van der Waals surface area contributed by atoms with Crippen molar-refractivity contribution >= 4 is 23.2 Å². The fraction of sp³-hybridized carbons (Fsp3) is 0.158. The van der Waals surface area contributed by atoms with Gasteiger partial charge in [-0.05, 0) is 37.3 Å². The Morgan fingerprint density at radius 2 is 1.96 bits per heavy atom. The highest BCUT2D eigenvalue weighted by molar-refractivity contribution is 6.17. The molecule has 1 amide bonds. The van der Waals surface area contributed by atoms with Gasteiger partial charge in [-0.3, -0.25) is 4.79 Å². The highest BCUT2D eigenvalue weighted by Crippen LogP contribution is 2.27. The average Bonchev–Trinajstić information content (AvgIpc) is 3.04. The van der Waals surface area contributed by atoms with Crippen LogP contribution in [0.1, 0.15) is 21.6 Å². The number of nitrogens with one attached hydrogen (secondary N) is 1. The van der Waals surface area contributed by atoms with Crippen LogP contribution in [-0.4, -0.2) is 22.3 Å². The molecule has 1 N–H and O–H groups in total. The van der Waals surface area contributed by atoms with Crippen molar-refractivity contribution in [2.75, 3.05) is 5.32 Å². The summed E-state index contributed by atoms with van der Waals surface area (Å²) in [6, 6.07) is 9.94. The summed E-state index contributed by atoms with van der Waals surface area (Å²) in [6.45, 7) is -1.36. The van der Waals surface area contributed by atoms with Crippen molar-refractivity contribution in [2.24, 2.45) is 0 Å². The standard InChI is InChI=1S/C19H15ClF3N3O2/c1-11-16(10-26(25-11)15-6-3-13(21)4-7-15)18(27)24-14-5-2-12(9-20)17(8-14)28-19(22)23/h2-8,10,19H,9H2,1H3,(H,24,27). The molecule has 0 aliphatic heterocycles. The number of halogens is 4. The van der Waals surface area contributed by atoms with Crippen molar-refractivity contribution in [2.45, 2.75) is 19.4 Å². The molecular formula is C19H15ClF3N3O2. The number of alkyl halides is 3. The number of nitrogens with zero attached hydrogens (tertiary/aromatic N) is 2. The molecule has 0 unspecified atom stereocenters. The predicted molar refractivity (Wildman–Crippen MR) is 98.8 cm³/mol. The first-order chi connectivity index (χ1) is 13.4. The molecule has 0 radical (unpaired) electrons. The fourth-order valence-electron chi connectivity index (χ4n) is 2.56. The van der Waals surface area contributed by atoms with Crippen molar-refractivity contribution < 1.29 is 22.7 Å². The first-order valence-electron chi connectivity index (χ1n) is 8.14. The number of aromatic nitrogens is 2. The Bertz CT molecular complexity index is 991. The molecule has 5 nitrogen and oxygen atoms in total. The Morgan fingerprint density at radius 3 is 2.61 bits per heavy atom. The van der Waals surface area contributed by atoms with Crippen LogP contribution < -0.4 is 10.1 Å². The first kappa shape index (κ1) is 19.8. The smallest absolute Gasteiger partial charge is 0.387 e. The van der Waals surface area contributed by atoms with Gasteiger partial charge in [0.1, 0.15) is 11.6 Å². The monoisotopic (exact) mass is 409 g/mol. The van der Waals surface area contributed by atoms with Crippen molar-refractivity contribution in [3.63, 3.8) is 0 Å². The highest BCUT2D eigenvalue weighted by Gasteiger charge is 2.16. The van der Waals surface area contributed by atoms with Crippen LogP contribution in [0, 0.1) is 12.7 Å². The van der Waals surface area contributed by atoms with E-state index >= 15 is 0 Å². The van der Waals surface area contributed by atoms with E-state index < -0.39 is 12.5 Å². The van der Waals surface area contributed by atoms with Crippen LogP contribution in [0.3, 0.4) is 0 Å².